The highest BCUT2D eigenvalue weighted by Gasteiger charge is 2.26. The fourth-order valence-electron chi connectivity index (χ4n) is 2.78. The molecular weight excluding hydrogens is 388 g/mol. The Labute approximate surface area is 165 Å². The molecule has 0 aromatic heterocycles. The van der Waals surface area contributed by atoms with Crippen molar-refractivity contribution in [3.05, 3.63) is 69.2 Å². The summed E-state index contributed by atoms with van der Waals surface area (Å²) in [5.74, 6) is 0.307. The molecule has 0 saturated carbocycles. The molecule has 2 nitrogen and oxygen atoms in total. The van der Waals surface area contributed by atoms with Crippen molar-refractivity contribution >= 4 is 27.8 Å². The van der Waals surface area contributed by atoms with Crippen molar-refractivity contribution in [2.45, 2.75) is 52.4 Å². The molecule has 1 N–H and O–H groups in total. The topological polar surface area (TPSA) is 37.3 Å². The number of phenolic OH excluding ortho intramolecular Hbond substituents is 1. The third-order valence-corrected chi connectivity index (χ3v) is 4.83. The molecule has 26 heavy (non-hydrogen) atoms. The number of ketones is 1. The first kappa shape index (κ1) is 20.4. The lowest BCUT2D eigenvalue weighted by molar-refractivity contribution is 0.104. The van der Waals surface area contributed by atoms with Crippen molar-refractivity contribution in [2.24, 2.45) is 0 Å². The standard InChI is InChI=1S/C23H27BrO2/c1-22(2,3)18-13-15(14-19(21(18)26)23(4,5)6)7-12-20(25)16-8-10-17(24)11-9-16/h7-14,26H,1-6H3/b12-7+. The third-order valence-electron chi connectivity index (χ3n) is 4.30. The van der Waals surface area contributed by atoms with Gasteiger partial charge in [0.25, 0.3) is 0 Å². The number of benzene rings is 2. The van der Waals surface area contributed by atoms with E-state index in [2.05, 4.69) is 57.5 Å². The molecule has 0 fully saturated rings. The average Bonchev–Trinajstić information content (AvgIpc) is 2.52. The average molecular weight is 415 g/mol. The van der Waals surface area contributed by atoms with Gasteiger partial charge in [-0.1, -0.05) is 63.5 Å². The van der Waals surface area contributed by atoms with Crippen molar-refractivity contribution in [1.82, 2.24) is 0 Å². The Hall–Kier alpha value is -1.87. The number of halogens is 1. The molecule has 0 radical (unpaired) electrons. The van der Waals surface area contributed by atoms with E-state index in [1.54, 1.807) is 18.2 Å². The van der Waals surface area contributed by atoms with Crippen LogP contribution in [0.5, 0.6) is 5.75 Å². The van der Waals surface area contributed by atoms with Crippen molar-refractivity contribution in [3.8, 4) is 5.75 Å². The van der Waals surface area contributed by atoms with Gasteiger partial charge >= 0.3 is 0 Å². The summed E-state index contributed by atoms with van der Waals surface area (Å²) >= 11 is 3.38. The minimum Gasteiger partial charge on any atom is -0.507 e. The molecule has 2 aromatic rings. The third kappa shape index (κ3) is 4.85. The van der Waals surface area contributed by atoms with Gasteiger partial charge in [-0.2, -0.15) is 0 Å². The Morgan fingerprint density at radius 2 is 1.38 bits per heavy atom. The van der Waals surface area contributed by atoms with E-state index in [-0.39, 0.29) is 16.6 Å². The van der Waals surface area contributed by atoms with E-state index in [1.165, 1.54) is 0 Å². The predicted molar refractivity (Wildman–Crippen MR) is 113 cm³/mol. The second kappa shape index (κ2) is 7.40. The normalized spacial score (nSPS) is 12.6. The van der Waals surface area contributed by atoms with E-state index >= 15 is 0 Å². The molecule has 0 saturated heterocycles. The number of carbonyl (C=O) groups excluding carboxylic acids is 1. The first-order valence-electron chi connectivity index (χ1n) is 8.75. The summed E-state index contributed by atoms with van der Waals surface area (Å²) in [5.41, 5.74) is 2.97. The maximum Gasteiger partial charge on any atom is 0.185 e. The number of aromatic hydroxyl groups is 1. The number of carbonyl (C=O) groups is 1. The van der Waals surface area contributed by atoms with Crippen molar-refractivity contribution in [3.63, 3.8) is 0 Å². The molecule has 2 rings (SSSR count). The van der Waals surface area contributed by atoms with Crippen LogP contribution in [0.15, 0.2) is 46.9 Å². The van der Waals surface area contributed by atoms with Crippen LogP contribution in [0, 0.1) is 0 Å². The van der Waals surface area contributed by atoms with E-state index in [1.807, 2.05) is 30.3 Å². The smallest absolute Gasteiger partial charge is 0.185 e. The lowest BCUT2D eigenvalue weighted by Gasteiger charge is -2.27. The van der Waals surface area contributed by atoms with Gasteiger partial charge in [0.1, 0.15) is 5.75 Å². The molecule has 0 aliphatic carbocycles. The van der Waals surface area contributed by atoms with Crippen LogP contribution < -0.4 is 0 Å². The Morgan fingerprint density at radius 3 is 1.81 bits per heavy atom. The van der Waals surface area contributed by atoms with Gasteiger partial charge < -0.3 is 5.11 Å². The summed E-state index contributed by atoms with van der Waals surface area (Å²) in [5, 5.41) is 10.8. The van der Waals surface area contributed by atoms with Crippen LogP contribution in [-0.2, 0) is 10.8 Å². The first-order chi connectivity index (χ1) is 11.9. The van der Waals surface area contributed by atoms with Crippen LogP contribution in [-0.4, -0.2) is 10.9 Å². The molecule has 138 valence electrons. The maximum atomic E-state index is 12.4. The minimum absolute atomic E-state index is 0.0415. The molecule has 3 heteroatoms. The van der Waals surface area contributed by atoms with Gasteiger partial charge in [-0.05, 0) is 58.9 Å². The van der Waals surface area contributed by atoms with E-state index in [9.17, 15) is 9.90 Å². The minimum atomic E-state index is -0.191. The number of hydrogen-bond donors (Lipinski definition) is 1. The quantitative estimate of drug-likeness (QED) is 0.450. The highest BCUT2D eigenvalue weighted by Crippen LogP contribution is 2.40. The number of allylic oxidation sites excluding steroid dienone is 1. The SMILES string of the molecule is CC(C)(C)c1cc(/C=C/C(=O)c2ccc(Br)cc2)cc(C(C)(C)C)c1O. The van der Waals surface area contributed by atoms with E-state index in [0.29, 0.717) is 11.3 Å². The molecule has 0 spiro atoms. The first-order valence-corrected chi connectivity index (χ1v) is 9.55. The van der Waals surface area contributed by atoms with Crippen LogP contribution in [0.2, 0.25) is 0 Å². The monoisotopic (exact) mass is 414 g/mol. The van der Waals surface area contributed by atoms with Crippen LogP contribution in [0.3, 0.4) is 0 Å². The zero-order valence-electron chi connectivity index (χ0n) is 16.4. The Bertz CT molecular complexity index is 797. The zero-order chi connectivity index (χ0) is 19.7. The molecular formula is C23H27BrO2. The predicted octanol–water partition coefficient (Wildman–Crippen LogP) is 6.65. The molecule has 0 atom stereocenters. The second-order valence-electron chi connectivity index (χ2n) is 8.67. The molecule has 0 bridgehead atoms. The molecule has 0 aliphatic rings. The van der Waals surface area contributed by atoms with Gasteiger partial charge in [-0.15, -0.1) is 0 Å². The number of hydrogen-bond acceptors (Lipinski definition) is 2. The Kier molecular flexibility index (Phi) is 5.82. The largest absolute Gasteiger partial charge is 0.507 e. The van der Waals surface area contributed by atoms with Crippen LogP contribution in [0.25, 0.3) is 6.08 Å². The van der Waals surface area contributed by atoms with Gasteiger partial charge in [0.2, 0.25) is 0 Å². The summed E-state index contributed by atoms with van der Waals surface area (Å²) in [7, 11) is 0. The van der Waals surface area contributed by atoms with Gasteiger partial charge in [0.05, 0.1) is 0 Å². The fraction of sp³-hybridized carbons (Fsp3) is 0.348. The van der Waals surface area contributed by atoms with E-state index in [0.717, 1.165) is 21.2 Å². The summed E-state index contributed by atoms with van der Waals surface area (Å²) in [6.07, 6.45) is 3.42. The van der Waals surface area contributed by atoms with Gasteiger partial charge in [-0.25, -0.2) is 0 Å². The van der Waals surface area contributed by atoms with Crippen molar-refractivity contribution in [1.29, 1.82) is 0 Å². The molecule has 0 aliphatic heterocycles. The Morgan fingerprint density at radius 1 is 0.923 bits per heavy atom. The molecule has 2 aromatic carbocycles. The zero-order valence-corrected chi connectivity index (χ0v) is 17.9. The maximum absolute atomic E-state index is 12.4. The van der Waals surface area contributed by atoms with Gasteiger partial charge in [-0.3, -0.25) is 4.79 Å². The van der Waals surface area contributed by atoms with E-state index < -0.39 is 0 Å². The highest BCUT2D eigenvalue weighted by atomic mass is 79.9. The fourth-order valence-corrected chi connectivity index (χ4v) is 3.04. The Balaban J connectivity index is 2.45. The van der Waals surface area contributed by atoms with Crippen molar-refractivity contribution < 1.29 is 9.90 Å². The highest BCUT2D eigenvalue weighted by molar-refractivity contribution is 9.10. The molecule has 0 amide bonds. The lowest BCUT2D eigenvalue weighted by atomic mass is 9.78. The molecule has 0 unspecified atom stereocenters. The van der Waals surface area contributed by atoms with Crippen LogP contribution in [0.1, 0.15) is 68.6 Å². The molecule has 0 heterocycles. The summed E-state index contributed by atoms with van der Waals surface area (Å²) in [6.45, 7) is 12.5. The summed E-state index contributed by atoms with van der Waals surface area (Å²) in [4.78, 5) is 12.4. The van der Waals surface area contributed by atoms with Crippen LogP contribution in [0.4, 0.5) is 0 Å². The summed E-state index contributed by atoms with van der Waals surface area (Å²) in [6, 6.07) is 11.3. The second-order valence-corrected chi connectivity index (χ2v) is 9.58. The van der Waals surface area contributed by atoms with Crippen molar-refractivity contribution in [2.75, 3.05) is 0 Å². The number of phenols is 1. The van der Waals surface area contributed by atoms with Gasteiger partial charge in [0.15, 0.2) is 5.78 Å². The number of rotatable bonds is 3. The summed E-state index contributed by atoms with van der Waals surface area (Å²) < 4.78 is 0.946. The van der Waals surface area contributed by atoms with Crippen LogP contribution >= 0.6 is 15.9 Å². The lowest BCUT2D eigenvalue weighted by Crippen LogP contribution is -2.17. The van der Waals surface area contributed by atoms with Gasteiger partial charge in [0, 0.05) is 21.2 Å². The van der Waals surface area contributed by atoms with E-state index in [4.69, 9.17) is 0 Å².